The van der Waals surface area contributed by atoms with E-state index in [0.29, 0.717) is 6.10 Å². The van der Waals surface area contributed by atoms with Gasteiger partial charge < -0.3 is 10.1 Å². The molecule has 0 aliphatic heterocycles. The first-order valence-electron chi connectivity index (χ1n) is 6.98. The molecule has 0 saturated heterocycles. The van der Waals surface area contributed by atoms with Crippen LogP contribution >= 0.6 is 0 Å². The molecule has 2 aliphatic carbocycles. The molecule has 2 aliphatic rings. The van der Waals surface area contributed by atoms with Crippen molar-refractivity contribution in [2.75, 3.05) is 7.11 Å². The molecule has 1 N–H and O–H groups in total. The first-order valence-corrected chi connectivity index (χ1v) is 6.98. The molecular formula is C14H27NO. The van der Waals surface area contributed by atoms with Crippen molar-refractivity contribution in [3.05, 3.63) is 0 Å². The highest BCUT2D eigenvalue weighted by Crippen LogP contribution is 2.32. The van der Waals surface area contributed by atoms with Crippen molar-refractivity contribution in [2.24, 2.45) is 11.8 Å². The van der Waals surface area contributed by atoms with Gasteiger partial charge in [-0.05, 0) is 37.5 Å². The molecule has 0 aromatic heterocycles. The van der Waals surface area contributed by atoms with E-state index in [-0.39, 0.29) is 0 Å². The summed E-state index contributed by atoms with van der Waals surface area (Å²) in [7, 11) is 1.83. The Hall–Kier alpha value is -0.0800. The highest BCUT2D eigenvalue weighted by molar-refractivity contribution is 4.90. The molecule has 2 fully saturated rings. The summed E-state index contributed by atoms with van der Waals surface area (Å²) in [6.45, 7) is 4.74. The molecule has 0 radical (unpaired) electrons. The molecular weight excluding hydrogens is 198 g/mol. The van der Waals surface area contributed by atoms with Gasteiger partial charge in [0.05, 0.1) is 6.10 Å². The first kappa shape index (κ1) is 12.4. The molecule has 0 heterocycles. The third-order valence-corrected chi connectivity index (χ3v) is 4.56. The molecule has 2 heteroatoms. The summed E-state index contributed by atoms with van der Waals surface area (Å²) in [6, 6.07) is 1.52. The maximum Gasteiger partial charge on any atom is 0.0601 e. The van der Waals surface area contributed by atoms with E-state index in [1.807, 2.05) is 7.11 Å². The quantitative estimate of drug-likeness (QED) is 0.794. The van der Waals surface area contributed by atoms with Crippen LogP contribution in [0.15, 0.2) is 0 Å². The van der Waals surface area contributed by atoms with Crippen LogP contribution in [0.3, 0.4) is 0 Å². The number of ether oxygens (including phenoxy) is 1. The van der Waals surface area contributed by atoms with Crippen LogP contribution < -0.4 is 5.32 Å². The minimum Gasteiger partial charge on any atom is -0.381 e. The second-order valence-corrected chi connectivity index (χ2v) is 6.06. The summed E-state index contributed by atoms with van der Waals surface area (Å²) in [4.78, 5) is 0. The predicted molar refractivity (Wildman–Crippen MR) is 67.5 cm³/mol. The van der Waals surface area contributed by atoms with Gasteiger partial charge >= 0.3 is 0 Å². The van der Waals surface area contributed by atoms with E-state index in [2.05, 4.69) is 19.2 Å². The van der Waals surface area contributed by atoms with Gasteiger partial charge in [0, 0.05) is 19.2 Å². The lowest BCUT2D eigenvalue weighted by molar-refractivity contribution is 0.0113. The molecule has 94 valence electrons. The molecule has 2 nitrogen and oxygen atoms in total. The van der Waals surface area contributed by atoms with Crippen LogP contribution in [0.25, 0.3) is 0 Å². The van der Waals surface area contributed by atoms with Gasteiger partial charge in [0.1, 0.15) is 0 Å². The summed E-state index contributed by atoms with van der Waals surface area (Å²) in [5, 5.41) is 3.82. The van der Waals surface area contributed by atoms with Crippen LogP contribution in [-0.4, -0.2) is 25.3 Å². The lowest BCUT2D eigenvalue weighted by Crippen LogP contribution is -2.50. The van der Waals surface area contributed by atoms with Crippen molar-refractivity contribution in [3.8, 4) is 0 Å². The first-order chi connectivity index (χ1) is 7.69. The Balaban J connectivity index is 1.70. The van der Waals surface area contributed by atoms with Gasteiger partial charge in [-0.2, -0.15) is 0 Å². The summed E-state index contributed by atoms with van der Waals surface area (Å²) < 4.78 is 5.32. The molecule has 2 rings (SSSR count). The Bertz CT molecular complexity index is 211. The minimum absolute atomic E-state index is 0.530. The summed E-state index contributed by atoms with van der Waals surface area (Å²) in [6.07, 6.45) is 8.62. The smallest absolute Gasteiger partial charge is 0.0601 e. The topological polar surface area (TPSA) is 21.3 Å². The Morgan fingerprint density at radius 2 is 1.81 bits per heavy atom. The normalized spacial score (nSPS) is 39.8. The van der Waals surface area contributed by atoms with E-state index in [9.17, 15) is 0 Å². The minimum atomic E-state index is 0.530. The van der Waals surface area contributed by atoms with Crippen LogP contribution in [0.2, 0.25) is 0 Å². The lowest BCUT2D eigenvalue weighted by atomic mass is 9.78. The maximum absolute atomic E-state index is 5.32. The van der Waals surface area contributed by atoms with Crippen LogP contribution in [0.5, 0.6) is 0 Å². The highest BCUT2D eigenvalue weighted by Gasteiger charge is 2.32. The number of rotatable bonds is 4. The van der Waals surface area contributed by atoms with Crippen molar-refractivity contribution in [1.82, 2.24) is 5.32 Å². The zero-order valence-electron chi connectivity index (χ0n) is 11.0. The second-order valence-electron chi connectivity index (χ2n) is 6.06. The molecule has 16 heavy (non-hydrogen) atoms. The fraction of sp³-hybridized carbons (Fsp3) is 1.00. The standard InChI is InChI=1S/C14H27NO/c1-10(2)11-5-4-6-12(7-11)15-13-8-14(9-13)16-3/h10-15H,4-9H2,1-3H3. The van der Waals surface area contributed by atoms with Gasteiger partial charge in [-0.1, -0.05) is 26.7 Å². The molecule has 0 bridgehead atoms. The zero-order valence-corrected chi connectivity index (χ0v) is 11.0. The zero-order chi connectivity index (χ0) is 11.5. The van der Waals surface area contributed by atoms with Crippen LogP contribution in [0.1, 0.15) is 52.4 Å². The van der Waals surface area contributed by atoms with E-state index < -0.39 is 0 Å². The highest BCUT2D eigenvalue weighted by atomic mass is 16.5. The molecule has 0 aromatic rings. The number of hydrogen-bond acceptors (Lipinski definition) is 2. The van der Waals surface area contributed by atoms with Crippen molar-refractivity contribution in [2.45, 2.75) is 70.6 Å². The van der Waals surface area contributed by atoms with E-state index in [1.165, 1.54) is 38.5 Å². The summed E-state index contributed by atoms with van der Waals surface area (Å²) >= 11 is 0. The number of nitrogens with one attached hydrogen (secondary N) is 1. The molecule has 2 saturated carbocycles. The van der Waals surface area contributed by atoms with Gasteiger partial charge in [-0.15, -0.1) is 0 Å². The fourth-order valence-electron chi connectivity index (χ4n) is 3.21. The molecule has 0 aromatic carbocycles. The number of methoxy groups -OCH3 is 1. The van der Waals surface area contributed by atoms with Crippen molar-refractivity contribution in [3.63, 3.8) is 0 Å². The van der Waals surface area contributed by atoms with E-state index in [4.69, 9.17) is 4.74 Å². The maximum atomic E-state index is 5.32. The van der Waals surface area contributed by atoms with Crippen molar-refractivity contribution >= 4 is 0 Å². The van der Waals surface area contributed by atoms with Gasteiger partial charge in [-0.3, -0.25) is 0 Å². The number of hydrogen-bond donors (Lipinski definition) is 1. The van der Waals surface area contributed by atoms with Crippen molar-refractivity contribution < 1.29 is 4.74 Å². The Kier molecular flexibility index (Phi) is 4.26. The largest absolute Gasteiger partial charge is 0.381 e. The summed E-state index contributed by atoms with van der Waals surface area (Å²) in [5.41, 5.74) is 0. The van der Waals surface area contributed by atoms with Crippen LogP contribution in [0, 0.1) is 11.8 Å². The average molecular weight is 225 g/mol. The van der Waals surface area contributed by atoms with Gasteiger partial charge in [0.25, 0.3) is 0 Å². The fourth-order valence-corrected chi connectivity index (χ4v) is 3.21. The predicted octanol–water partition coefficient (Wildman–Crippen LogP) is 2.97. The second kappa shape index (κ2) is 5.50. The third kappa shape index (κ3) is 2.98. The van der Waals surface area contributed by atoms with Gasteiger partial charge in [0.15, 0.2) is 0 Å². The Morgan fingerprint density at radius 1 is 1.06 bits per heavy atom. The van der Waals surface area contributed by atoms with E-state index in [0.717, 1.165) is 23.9 Å². The summed E-state index contributed by atoms with van der Waals surface area (Å²) in [5.74, 6) is 1.81. The third-order valence-electron chi connectivity index (χ3n) is 4.56. The van der Waals surface area contributed by atoms with Gasteiger partial charge in [-0.25, -0.2) is 0 Å². The molecule has 2 atom stereocenters. The van der Waals surface area contributed by atoms with E-state index in [1.54, 1.807) is 0 Å². The van der Waals surface area contributed by atoms with E-state index >= 15 is 0 Å². The molecule has 0 amide bonds. The van der Waals surface area contributed by atoms with Crippen LogP contribution in [0.4, 0.5) is 0 Å². The lowest BCUT2D eigenvalue weighted by Gasteiger charge is -2.40. The monoisotopic (exact) mass is 225 g/mol. The van der Waals surface area contributed by atoms with Crippen molar-refractivity contribution in [1.29, 1.82) is 0 Å². The average Bonchev–Trinajstić information content (AvgIpc) is 2.23. The van der Waals surface area contributed by atoms with Crippen LogP contribution in [-0.2, 0) is 4.74 Å². The Morgan fingerprint density at radius 3 is 2.44 bits per heavy atom. The molecule has 0 spiro atoms. The van der Waals surface area contributed by atoms with Gasteiger partial charge in [0.2, 0.25) is 0 Å². The Labute approximate surface area is 100 Å². The molecule has 2 unspecified atom stereocenters. The SMILES string of the molecule is COC1CC(NC2CCCC(C(C)C)C2)C1.